The highest BCUT2D eigenvalue weighted by Crippen LogP contribution is 2.33. The van der Waals surface area contributed by atoms with Gasteiger partial charge in [0.2, 0.25) is 5.91 Å². The van der Waals surface area contributed by atoms with Crippen molar-refractivity contribution in [3.8, 4) is 5.75 Å². The highest BCUT2D eigenvalue weighted by molar-refractivity contribution is 8.26. The molecule has 0 unspecified atom stereocenters. The second-order valence-corrected chi connectivity index (χ2v) is 9.09. The molecule has 1 aromatic heterocycles. The van der Waals surface area contributed by atoms with Crippen LogP contribution in [0.25, 0.3) is 6.08 Å². The predicted molar refractivity (Wildman–Crippen MR) is 124 cm³/mol. The molecule has 1 aliphatic heterocycles. The molecule has 2 heterocycles. The van der Waals surface area contributed by atoms with Crippen molar-refractivity contribution in [2.24, 2.45) is 0 Å². The van der Waals surface area contributed by atoms with Gasteiger partial charge in [0.1, 0.15) is 10.1 Å². The molecule has 2 amide bonds. The summed E-state index contributed by atoms with van der Waals surface area (Å²) in [5.74, 6) is 0.717. The molecule has 5 nitrogen and oxygen atoms in total. The number of hydrogen-bond donors (Lipinski definition) is 1. The number of benzene rings is 1. The first-order valence-electron chi connectivity index (χ1n) is 9.29. The number of hydrogen-bond acceptors (Lipinski definition) is 6. The molecular weight excluding hydrogens is 424 g/mol. The molecule has 0 spiro atoms. The van der Waals surface area contributed by atoms with Crippen molar-refractivity contribution in [2.45, 2.75) is 25.7 Å². The monoisotopic (exact) mass is 446 g/mol. The Morgan fingerprint density at radius 2 is 2.00 bits per heavy atom. The third-order valence-corrected chi connectivity index (χ3v) is 6.55. The van der Waals surface area contributed by atoms with Crippen molar-refractivity contribution >= 4 is 63.2 Å². The fourth-order valence-electron chi connectivity index (χ4n) is 2.83. The van der Waals surface area contributed by atoms with Gasteiger partial charge in [-0.2, -0.15) is 0 Å². The molecule has 2 aromatic rings. The highest BCUT2D eigenvalue weighted by Gasteiger charge is 2.31. The smallest absolute Gasteiger partial charge is 0.266 e. The maximum absolute atomic E-state index is 12.5. The molecule has 8 heteroatoms. The Bertz CT molecular complexity index is 892. The van der Waals surface area contributed by atoms with Crippen LogP contribution in [0.3, 0.4) is 0 Å². The fourth-order valence-corrected chi connectivity index (χ4v) is 4.86. The van der Waals surface area contributed by atoms with Gasteiger partial charge in [0.05, 0.1) is 12.0 Å². The van der Waals surface area contributed by atoms with E-state index < -0.39 is 0 Å². The first kappa shape index (κ1) is 21.5. The van der Waals surface area contributed by atoms with Crippen LogP contribution in [0.15, 0.2) is 46.7 Å². The SMILES string of the molecule is COc1ccc(NC(=O)CCCCCN2C(=O)/C(=C\c3cccs3)SC2=S)cc1. The summed E-state index contributed by atoms with van der Waals surface area (Å²) in [5.41, 5.74) is 0.755. The molecule has 1 fully saturated rings. The number of carbonyl (C=O) groups is 2. The van der Waals surface area contributed by atoms with Crippen molar-refractivity contribution in [1.82, 2.24) is 4.90 Å². The number of thioether (sulfide) groups is 1. The zero-order chi connectivity index (χ0) is 20.6. The number of amides is 2. The topological polar surface area (TPSA) is 58.6 Å². The Kier molecular flexibility index (Phi) is 7.85. The fraction of sp³-hybridized carbons (Fsp3) is 0.286. The van der Waals surface area contributed by atoms with Crippen LogP contribution in [-0.2, 0) is 9.59 Å². The number of nitrogens with zero attached hydrogens (tertiary/aromatic N) is 1. The van der Waals surface area contributed by atoms with Gasteiger partial charge >= 0.3 is 0 Å². The summed E-state index contributed by atoms with van der Waals surface area (Å²) < 4.78 is 5.71. The minimum absolute atomic E-state index is 0.0142. The molecule has 1 aliphatic rings. The number of ether oxygens (including phenoxy) is 1. The summed E-state index contributed by atoms with van der Waals surface area (Å²) in [6.45, 7) is 0.590. The summed E-state index contributed by atoms with van der Waals surface area (Å²) in [6.07, 6.45) is 4.78. The average Bonchev–Trinajstić information content (AvgIpc) is 3.32. The zero-order valence-electron chi connectivity index (χ0n) is 16.1. The van der Waals surface area contributed by atoms with Crippen molar-refractivity contribution in [3.63, 3.8) is 0 Å². The summed E-state index contributed by atoms with van der Waals surface area (Å²) in [5, 5.41) is 4.86. The minimum atomic E-state index is -0.0225. The summed E-state index contributed by atoms with van der Waals surface area (Å²) in [7, 11) is 1.61. The molecule has 0 saturated carbocycles. The lowest BCUT2D eigenvalue weighted by molar-refractivity contribution is -0.122. The van der Waals surface area contributed by atoms with E-state index in [1.807, 2.05) is 47.9 Å². The lowest BCUT2D eigenvalue weighted by atomic mass is 10.1. The van der Waals surface area contributed by atoms with Gasteiger partial charge in [0.15, 0.2) is 0 Å². The number of unbranched alkanes of at least 4 members (excludes halogenated alkanes) is 2. The number of rotatable bonds is 9. The van der Waals surface area contributed by atoms with E-state index in [0.717, 1.165) is 35.6 Å². The van der Waals surface area contributed by atoms with E-state index in [0.29, 0.717) is 22.2 Å². The first-order valence-corrected chi connectivity index (χ1v) is 11.4. The number of methoxy groups -OCH3 is 1. The minimum Gasteiger partial charge on any atom is -0.497 e. The molecule has 0 bridgehead atoms. The number of nitrogens with one attached hydrogen (secondary N) is 1. The van der Waals surface area contributed by atoms with Crippen LogP contribution in [-0.4, -0.2) is 34.7 Å². The van der Waals surface area contributed by atoms with E-state index in [1.54, 1.807) is 23.3 Å². The quantitative estimate of drug-likeness (QED) is 0.328. The Morgan fingerprint density at radius 1 is 1.21 bits per heavy atom. The lowest BCUT2D eigenvalue weighted by Crippen LogP contribution is -2.29. The second-order valence-electron chi connectivity index (χ2n) is 6.44. The van der Waals surface area contributed by atoms with Crippen molar-refractivity contribution in [3.05, 3.63) is 51.6 Å². The van der Waals surface area contributed by atoms with Crippen molar-refractivity contribution in [2.75, 3.05) is 19.0 Å². The standard InChI is InChI=1S/C21H22N2O3S3/c1-26-16-10-8-15(9-11-16)22-19(24)7-3-2-4-12-23-20(25)18(29-21(23)27)14-17-6-5-13-28-17/h5-6,8-11,13-14H,2-4,7,12H2,1H3,(H,22,24)/b18-14+. The molecule has 1 N–H and O–H groups in total. The van der Waals surface area contributed by atoms with E-state index in [1.165, 1.54) is 11.8 Å². The van der Waals surface area contributed by atoms with E-state index in [-0.39, 0.29) is 11.8 Å². The number of anilines is 1. The maximum Gasteiger partial charge on any atom is 0.266 e. The van der Waals surface area contributed by atoms with Gasteiger partial charge in [-0.1, -0.05) is 36.5 Å². The van der Waals surface area contributed by atoms with Crippen LogP contribution in [0.4, 0.5) is 5.69 Å². The summed E-state index contributed by atoms with van der Waals surface area (Å²) >= 11 is 8.31. The highest BCUT2D eigenvalue weighted by atomic mass is 32.2. The molecule has 1 aromatic carbocycles. The lowest BCUT2D eigenvalue weighted by Gasteiger charge is -2.14. The number of thiophene rings is 1. The Hall–Kier alpha value is -2.16. The van der Waals surface area contributed by atoms with Gasteiger partial charge in [0.25, 0.3) is 5.91 Å². The molecule has 1 saturated heterocycles. The molecule has 0 radical (unpaired) electrons. The Morgan fingerprint density at radius 3 is 2.69 bits per heavy atom. The predicted octanol–water partition coefficient (Wildman–Crippen LogP) is 5.16. The van der Waals surface area contributed by atoms with Crippen LogP contribution in [0.5, 0.6) is 5.75 Å². The maximum atomic E-state index is 12.5. The molecule has 29 heavy (non-hydrogen) atoms. The van der Waals surface area contributed by atoms with Crippen LogP contribution in [0.1, 0.15) is 30.6 Å². The molecule has 3 rings (SSSR count). The molecule has 0 atom stereocenters. The van der Waals surface area contributed by atoms with E-state index in [9.17, 15) is 9.59 Å². The third-order valence-electron chi connectivity index (χ3n) is 4.35. The molecule has 0 aliphatic carbocycles. The molecular formula is C21H22N2O3S3. The van der Waals surface area contributed by atoms with Crippen LogP contribution in [0.2, 0.25) is 0 Å². The molecule has 152 valence electrons. The second kappa shape index (κ2) is 10.6. The van der Waals surface area contributed by atoms with Gasteiger partial charge in [-0.3, -0.25) is 14.5 Å². The van der Waals surface area contributed by atoms with E-state index in [2.05, 4.69) is 5.32 Å². The van der Waals surface area contributed by atoms with Gasteiger partial charge in [-0.25, -0.2) is 0 Å². The summed E-state index contributed by atoms with van der Waals surface area (Å²) in [6, 6.07) is 11.2. The number of carbonyl (C=O) groups excluding carboxylic acids is 2. The van der Waals surface area contributed by atoms with Crippen molar-refractivity contribution < 1.29 is 14.3 Å². The summed E-state index contributed by atoms with van der Waals surface area (Å²) in [4.78, 5) is 28.0. The Labute approximate surface area is 184 Å². The van der Waals surface area contributed by atoms with E-state index in [4.69, 9.17) is 17.0 Å². The number of thiocarbonyl (C=S) groups is 1. The van der Waals surface area contributed by atoms with Crippen LogP contribution < -0.4 is 10.1 Å². The van der Waals surface area contributed by atoms with Gasteiger partial charge < -0.3 is 10.1 Å². The van der Waals surface area contributed by atoms with Gasteiger partial charge in [-0.15, -0.1) is 11.3 Å². The van der Waals surface area contributed by atoms with E-state index >= 15 is 0 Å². The largest absolute Gasteiger partial charge is 0.497 e. The normalized spacial score (nSPS) is 15.2. The van der Waals surface area contributed by atoms with Crippen LogP contribution in [0, 0.1) is 0 Å². The van der Waals surface area contributed by atoms with Crippen LogP contribution >= 0.6 is 35.3 Å². The third kappa shape index (κ3) is 6.16. The average molecular weight is 447 g/mol. The van der Waals surface area contributed by atoms with Gasteiger partial charge in [-0.05, 0) is 54.6 Å². The zero-order valence-corrected chi connectivity index (χ0v) is 18.5. The van der Waals surface area contributed by atoms with Gasteiger partial charge in [0, 0.05) is 23.5 Å². The Balaban J connectivity index is 1.37. The van der Waals surface area contributed by atoms with Crippen molar-refractivity contribution in [1.29, 1.82) is 0 Å². The first-order chi connectivity index (χ1) is 14.1.